The zero-order valence-electron chi connectivity index (χ0n) is 13.4. The minimum absolute atomic E-state index is 0.168. The van der Waals surface area contributed by atoms with Crippen molar-refractivity contribution in [2.45, 2.75) is 6.54 Å². The Morgan fingerprint density at radius 3 is 2.67 bits per heavy atom. The molecule has 2 aromatic carbocycles. The summed E-state index contributed by atoms with van der Waals surface area (Å²) in [7, 11) is 1.60. The third-order valence-electron chi connectivity index (χ3n) is 3.26. The molecule has 0 aliphatic heterocycles. The maximum atomic E-state index is 12.1. The number of thioether (sulfide) groups is 1. The molecule has 24 heavy (non-hydrogen) atoms. The average molecular weight is 341 g/mol. The van der Waals surface area contributed by atoms with E-state index in [2.05, 4.69) is 18.5 Å². The minimum atomic E-state index is -0.271. The number of ether oxygens (including phenoxy) is 1. The lowest BCUT2D eigenvalue weighted by molar-refractivity contribution is -0.116. The van der Waals surface area contributed by atoms with Crippen LogP contribution in [-0.2, 0) is 11.3 Å². The largest absolute Gasteiger partial charge is 0.508 e. The lowest BCUT2D eigenvalue weighted by Crippen LogP contribution is -2.22. The van der Waals surface area contributed by atoms with Gasteiger partial charge in [0.05, 0.1) is 12.0 Å². The van der Waals surface area contributed by atoms with Gasteiger partial charge in [-0.3, -0.25) is 4.79 Å². The molecule has 0 bridgehead atoms. The van der Waals surface area contributed by atoms with Crippen molar-refractivity contribution in [2.24, 2.45) is 0 Å². The third-order valence-corrected chi connectivity index (χ3v) is 4.17. The molecule has 0 aliphatic carbocycles. The third kappa shape index (κ3) is 4.93. The molecule has 5 heteroatoms. The number of methoxy groups -OCH3 is 1. The molecule has 2 N–H and O–H groups in total. The van der Waals surface area contributed by atoms with E-state index in [1.165, 1.54) is 11.8 Å². The van der Waals surface area contributed by atoms with Gasteiger partial charge in [0, 0.05) is 11.4 Å². The highest BCUT2D eigenvalue weighted by molar-refractivity contribution is 8.12. The Hall–Kier alpha value is -2.66. The Bertz CT molecular complexity index is 771. The van der Waals surface area contributed by atoms with Gasteiger partial charge in [0.1, 0.15) is 11.5 Å². The Kier molecular flexibility index (Phi) is 6.09. The highest BCUT2D eigenvalue weighted by atomic mass is 32.2. The van der Waals surface area contributed by atoms with Crippen molar-refractivity contribution < 1.29 is 14.6 Å². The molecule has 0 radical (unpaired) electrons. The van der Waals surface area contributed by atoms with Crippen LogP contribution >= 0.6 is 11.8 Å². The molecule has 2 rings (SSSR count). The fraction of sp³-hybridized carbons (Fsp3) is 0.105. The van der Waals surface area contributed by atoms with Crippen LogP contribution in [-0.4, -0.2) is 18.1 Å². The van der Waals surface area contributed by atoms with Gasteiger partial charge < -0.3 is 15.2 Å². The summed E-state index contributed by atoms with van der Waals surface area (Å²) in [6.07, 6.45) is 0. The molecule has 0 spiro atoms. The number of hydrogen-bond donors (Lipinski definition) is 2. The van der Waals surface area contributed by atoms with Gasteiger partial charge in [0.25, 0.3) is 5.91 Å². The minimum Gasteiger partial charge on any atom is -0.508 e. The van der Waals surface area contributed by atoms with Crippen molar-refractivity contribution in [2.75, 3.05) is 7.11 Å². The van der Waals surface area contributed by atoms with E-state index in [9.17, 15) is 9.90 Å². The first-order valence-corrected chi connectivity index (χ1v) is 8.07. The van der Waals surface area contributed by atoms with Crippen LogP contribution in [0.5, 0.6) is 11.5 Å². The van der Waals surface area contributed by atoms with Crippen molar-refractivity contribution in [1.82, 2.24) is 5.32 Å². The van der Waals surface area contributed by atoms with E-state index in [-0.39, 0.29) is 11.7 Å². The number of carbonyl (C=O) groups is 1. The van der Waals surface area contributed by atoms with Crippen LogP contribution < -0.4 is 10.1 Å². The number of hydrogen-bond acceptors (Lipinski definition) is 4. The summed E-state index contributed by atoms with van der Waals surface area (Å²) in [5, 5.41) is 12.2. The first-order valence-electron chi connectivity index (χ1n) is 7.26. The van der Waals surface area contributed by atoms with Gasteiger partial charge in [-0.05, 0) is 35.4 Å². The first kappa shape index (κ1) is 17.7. The maximum Gasteiger partial charge on any atom is 0.257 e. The molecule has 1 amide bonds. The summed E-state index contributed by atoms with van der Waals surface area (Å²) in [6.45, 7) is 8.11. The van der Waals surface area contributed by atoms with Gasteiger partial charge in [0.15, 0.2) is 0 Å². The second-order valence-electron chi connectivity index (χ2n) is 5.03. The van der Waals surface area contributed by atoms with Crippen molar-refractivity contribution in [3.05, 3.63) is 77.7 Å². The van der Waals surface area contributed by atoms with E-state index < -0.39 is 0 Å². The average Bonchev–Trinajstić information content (AvgIpc) is 2.59. The Labute approximate surface area is 145 Å². The molecule has 0 saturated carbocycles. The van der Waals surface area contributed by atoms with Crippen molar-refractivity contribution >= 4 is 22.6 Å². The van der Waals surface area contributed by atoms with Crippen LogP contribution in [0.2, 0.25) is 0 Å². The number of amides is 1. The molecule has 0 fully saturated rings. The number of nitrogens with one attached hydrogen (secondary N) is 1. The maximum absolute atomic E-state index is 12.1. The fourth-order valence-corrected chi connectivity index (χ4v) is 2.70. The predicted octanol–water partition coefficient (Wildman–Crippen LogP) is 3.93. The topological polar surface area (TPSA) is 58.6 Å². The van der Waals surface area contributed by atoms with Crippen LogP contribution in [0, 0.1) is 0 Å². The summed E-state index contributed by atoms with van der Waals surface area (Å²) < 4.78 is 5.18. The fourth-order valence-electron chi connectivity index (χ4n) is 2.00. The zero-order valence-corrected chi connectivity index (χ0v) is 14.2. The summed E-state index contributed by atoms with van der Waals surface area (Å²) in [4.78, 5) is 13.2. The second-order valence-corrected chi connectivity index (χ2v) is 6.22. The summed E-state index contributed by atoms with van der Waals surface area (Å²) in [6, 6.07) is 14.2. The van der Waals surface area contributed by atoms with Gasteiger partial charge in [-0.15, -0.1) is 0 Å². The Balaban J connectivity index is 1.91. The number of benzene rings is 2. The normalized spacial score (nSPS) is 10.0. The van der Waals surface area contributed by atoms with E-state index >= 15 is 0 Å². The summed E-state index contributed by atoms with van der Waals surface area (Å²) in [5.41, 5.74) is 1.69. The molecular weight excluding hydrogens is 322 g/mol. The summed E-state index contributed by atoms with van der Waals surface area (Å²) in [5.74, 6) is 0.627. The highest BCUT2D eigenvalue weighted by Crippen LogP contribution is 2.32. The molecule has 124 valence electrons. The smallest absolute Gasteiger partial charge is 0.257 e. The van der Waals surface area contributed by atoms with E-state index in [0.29, 0.717) is 16.4 Å². The molecule has 0 aliphatic rings. The van der Waals surface area contributed by atoms with Crippen molar-refractivity contribution in [3.8, 4) is 11.5 Å². The van der Waals surface area contributed by atoms with E-state index in [1.807, 2.05) is 30.3 Å². The van der Waals surface area contributed by atoms with Gasteiger partial charge in [-0.2, -0.15) is 0 Å². The van der Waals surface area contributed by atoms with Crippen LogP contribution in [0.3, 0.4) is 0 Å². The molecule has 0 unspecified atom stereocenters. The van der Waals surface area contributed by atoms with Gasteiger partial charge in [-0.25, -0.2) is 0 Å². The monoisotopic (exact) mass is 341 g/mol. The Morgan fingerprint density at radius 1 is 1.21 bits per heavy atom. The molecule has 0 aromatic heterocycles. The summed E-state index contributed by atoms with van der Waals surface area (Å²) >= 11 is 1.21. The molecule has 0 heterocycles. The SMILES string of the molecule is C=C(SC(=C)c1cccc(OC)c1)C(=O)NCc1cccc(O)c1. The number of aromatic hydroxyl groups is 1. The van der Waals surface area contributed by atoms with E-state index in [1.54, 1.807) is 25.3 Å². The molecule has 0 saturated heterocycles. The van der Waals surface area contributed by atoms with Gasteiger partial charge in [0.2, 0.25) is 0 Å². The van der Waals surface area contributed by atoms with E-state index in [0.717, 1.165) is 16.9 Å². The lowest BCUT2D eigenvalue weighted by Gasteiger charge is -2.10. The number of carbonyl (C=O) groups excluding carboxylic acids is 1. The number of rotatable bonds is 7. The molecule has 0 atom stereocenters. The highest BCUT2D eigenvalue weighted by Gasteiger charge is 2.11. The van der Waals surface area contributed by atoms with Crippen LogP contribution in [0.15, 0.2) is 66.6 Å². The number of phenols is 1. The molecule has 2 aromatic rings. The molecule has 4 nitrogen and oxygen atoms in total. The molecular formula is C19H19NO3S. The van der Waals surface area contributed by atoms with Crippen molar-refractivity contribution in [1.29, 1.82) is 0 Å². The van der Waals surface area contributed by atoms with Gasteiger partial charge in [-0.1, -0.05) is 49.2 Å². The quantitative estimate of drug-likeness (QED) is 0.749. The Morgan fingerprint density at radius 2 is 1.96 bits per heavy atom. The van der Waals surface area contributed by atoms with Crippen LogP contribution in [0.1, 0.15) is 11.1 Å². The second kappa shape index (κ2) is 8.26. The van der Waals surface area contributed by atoms with Crippen molar-refractivity contribution in [3.63, 3.8) is 0 Å². The van der Waals surface area contributed by atoms with Crippen LogP contribution in [0.25, 0.3) is 4.91 Å². The first-order chi connectivity index (χ1) is 11.5. The standard InChI is InChI=1S/C19H19NO3S/c1-13(16-7-5-9-18(11-16)23-3)24-14(2)19(22)20-12-15-6-4-8-17(21)10-15/h4-11,21H,1-2,12H2,3H3,(H,20,22). The lowest BCUT2D eigenvalue weighted by atomic mass is 10.2. The zero-order chi connectivity index (χ0) is 17.5. The predicted molar refractivity (Wildman–Crippen MR) is 98.7 cm³/mol. The van der Waals surface area contributed by atoms with Crippen LogP contribution in [0.4, 0.5) is 0 Å². The van der Waals surface area contributed by atoms with Gasteiger partial charge >= 0.3 is 0 Å². The number of phenolic OH excluding ortho intramolecular Hbond substituents is 1. The van der Waals surface area contributed by atoms with E-state index in [4.69, 9.17) is 4.74 Å².